The maximum Gasteiger partial charge on any atom is 0.224 e. The van der Waals surface area contributed by atoms with Crippen LogP contribution in [0.5, 0.6) is 0 Å². The molecule has 0 saturated carbocycles. The molecule has 0 radical (unpaired) electrons. The van der Waals surface area contributed by atoms with Crippen molar-refractivity contribution in [3.8, 4) is 0 Å². The second-order valence-electron chi connectivity index (χ2n) is 8.18. The third-order valence-corrected chi connectivity index (χ3v) is 5.63. The highest BCUT2D eigenvalue weighted by Gasteiger charge is 2.43. The SMILES string of the molecule is COC1(OCC(C)(C)C)c2ccccc2Sc2ccc(C(C)C)cc21. The van der Waals surface area contributed by atoms with Crippen LogP contribution in [0.25, 0.3) is 0 Å². The lowest BCUT2D eigenvalue weighted by Crippen LogP contribution is -2.38. The Kier molecular flexibility index (Phi) is 5.02. The summed E-state index contributed by atoms with van der Waals surface area (Å²) < 4.78 is 12.7. The summed E-state index contributed by atoms with van der Waals surface area (Å²) in [5.41, 5.74) is 3.58. The topological polar surface area (TPSA) is 18.5 Å². The zero-order valence-electron chi connectivity index (χ0n) is 16.1. The summed E-state index contributed by atoms with van der Waals surface area (Å²) in [6, 6.07) is 15.1. The van der Waals surface area contributed by atoms with Crippen molar-refractivity contribution in [2.24, 2.45) is 5.41 Å². The van der Waals surface area contributed by atoms with Crippen molar-refractivity contribution in [3.63, 3.8) is 0 Å². The van der Waals surface area contributed by atoms with E-state index in [1.54, 1.807) is 18.9 Å². The standard InChI is InChI=1S/C22H28O2S/c1-15(2)16-11-12-20-18(13-16)22(23-6,24-14-21(3,4)5)17-9-7-8-10-19(17)25-20/h7-13,15H,14H2,1-6H3. The molecule has 2 aromatic rings. The van der Waals surface area contributed by atoms with E-state index in [9.17, 15) is 0 Å². The van der Waals surface area contributed by atoms with Crippen LogP contribution < -0.4 is 0 Å². The van der Waals surface area contributed by atoms with Crippen molar-refractivity contribution in [1.29, 1.82) is 0 Å². The molecule has 1 unspecified atom stereocenters. The van der Waals surface area contributed by atoms with Crippen LogP contribution in [0.15, 0.2) is 52.3 Å². The van der Waals surface area contributed by atoms with Gasteiger partial charge in [0.05, 0.1) is 6.61 Å². The second-order valence-corrected chi connectivity index (χ2v) is 9.26. The fraction of sp³-hybridized carbons (Fsp3) is 0.455. The molecular formula is C22H28O2S. The van der Waals surface area contributed by atoms with Gasteiger partial charge in [0.1, 0.15) is 0 Å². The molecule has 1 aliphatic heterocycles. The van der Waals surface area contributed by atoms with Crippen molar-refractivity contribution in [2.75, 3.05) is 13.7 Å². The van der Waals surface area contributed by atoms with Crippen LogP contribution in [0.3, 0.4) is 0 Å². The van der Waals surface area contributed by atoms with E-state index < -0.39 is 5.79 Å². The number of hydrogen-bond donors (Lipinski definition) is 0. The number of methoxy groups -OCH3 is 1. The van der Waals surface area contributed by atoms with Crippen LogP contribution in [-0.4, -0.2) is 13.7 Å². The molecule has 3 rings (SSSR count). The predicted molar refractivity (Wildman–Crippen MR) is 104 cm³/mol. The first-order valence-electron chi connectivity index (χ1n) is 8.88. The molecule has 0 spiro atoms. The summed E-state index contributed by atoms with van der Waals surface area (Å²) in [6.07, 6.45) is 0. The summed E-state index contributed by atoms with van der Waals surface area (Å²) >= 11 is 1.79. The van der Waals surface area contributed by atoms with Crippen LogP contribution >= 0.6 is 11.8 Å². The summed E-state index contributed by atoms with van der Waals surface area (Å²) in [4.78, 5) is 2.40. The first-order chi connectivity index (χ1) is 11.8. The molecule has 0 aromatic heterocycles. The van der Waals surface area contributed by atoms with Gasteiger partial charge in [-0.1, -0.05) is 70.6 Å². The van der Waals surface area contributed by atoms with E-state index in [1.165, 1.54) is 15.4 Å². The Morgan fingerprint density at radius 3 is 2.32 bits per heavy atom. The average Bonchev–Trinajstić information content (AvgIpc) is 2.57. The van der Waals surface area contributed by atoms with E-state index in [2.05, 4.69) is 77.1 Å². The van der Waals surface area contributed by atoms with Crippen LogP contribution in [0.1, 0.15) is 57.2 Å². The molecule has 3 heteroatoms. The Balaban J connectivity index is 2.19. The highest BCUT2D eigenvalue weighted by atomic mass is 32.2. The van der Waals surface area contributed by atoms with E-state index in [-0.39, 0.29) is 5.41 Å². The summed E-state index contributed by atoms with van der Waals surface area (Å²) in [5, 5.41) is 0. The van der Waals surface area contributed by atoms with Gasteiger partial charge in [-0.3, -0.25) is 0 Å². The maximum absolute atomic E-state index is 6.54. The molecule has 0 fully saturated rings. The molecule has 0 bridgehead atoms. The van der Waals surface area contributed by atoms with E-state index in [4.69, 9.17) is 9.47 Å². The smallest absolute Gasteiger partial charge is 0.224 e. The predicted octanol–water partition coefficient (Wildman–Crippen LogP) is 6.18. The van der Waals surface area contributed by atoms with Crippen LogP contribution in [0, 0.1) is 5.41 Å². The summed E-state index contributed by atoms with van der Waals surface area (Å²) in [5.74, 6) is -0.389. The van der Waals surface area contributed by atoms with Gasteiger partial charge in [-0.2, -0.15) is 0 Å². The highest BCUT2D eigenvalue weighted by molar-refractivity contribution is 7.99. The number of rotatable bonds is 4. The number of benzene rings is 2. The third-order valence-electron chi connectivity index (χ3n) is 4.48. The molecule has 1 heterocycles. The first-order valence-corrected chi connectivity index (χ1v) is 9.69. The second kappa shape index (κ2) is 6.79. The Bertz CT molecular complexity index is 761. The van der Waals surface area contributed by atoms with Crippen LogP contribution in [-0.2, 0) is 15.3 Å². The van der Waals surface area contributed by atoms with Crippen LogP contribution in [0.2, 0.25) is 0 Å². The monoisotopic (exact) mass is 356 g/mol. The minimum atomic E-state index is -0.852. The van der Waals surface area contributed by atoms with Gasteiger partial charge in [0.15, 0.2) is 0 Å². The minimum absolute atomic E-state index is 0.0564. The number of ether oxygens (including phenoxy) is 2. The quantitative estimate of drug-likeness (QED) is 0.609. The molecule has 2 aromatic carbocycles. The summed E-state index contributed by atoms with van der Waals surface area (Å²) in [7, 11) is 1.75. The van der Waals surface area contributed by atoms with Gasteiger partial charge in [-0.15, -0.1) is 0 Å². The van der Waals surface area contributed by atoms with Gasteiger partial charge >= 0.3 is 0 Å². The Morgan fingerprint density at radius 1 is 1.00 bits per heavy atom. The minimum Gasteiger partial charge on any atom is -0.345 e. The Morgan fingerprint density at radius 2 is 1.68 bits per heavy atom. The lowest BCUT2D eigenvalue weighted by atomic mass is 9.91. The van der Waals surface area contributed by atoms with E-state index in [0.29, 0.717) is 12.5 Å². The van der Waals surface area contributed by atoms with Gasteiger partial charge in [-0.05, 0) is 35.1 Å². The maximum atomic E-state index is 6.54. The van der Waals surface area contributed by atoms with Gasteiger partial charge in [0.25, 0.3) is 0 Å². The van der Waals surface area contributed by atoms with Gasteiger partial charge in [0, 0.05) is 28.0 Å². The third kappa shape index (κ3) is 3.51. The lowest BCUT2D eigenvalue weighted by Gasteiger charge is -2.40. The van der Waals surface area contributed by atoms with E-state index in [1.807, 2.05) is 0 Å². The molecule has 1 atom stereocenters. The molecular weight excluding hydrogens is 328 g/mol. The fourth-order valence-corrected chi connectivity index (χ4v) is 4.23. The molecule has 0 aliphatic carbocycles. The molecule has 0 saturated heterocycles. The average molecular weight is 357 g/mol. The Labute approximate surface area is 155 Å². The largest absolute Gasteiger partial charge is 0.345 e. The molecule has 25 heavy (non-hydrogen) atoms. The van der Waals surface area contributed by atoms with E-state index in [0.717, 1.165) is 11.1 Å². The fourth-order valence-electron chi connectivity index (χ4n) is 3.10. The zero-order chi connectivity index (χ0) is 18.2. The molecule has 1 aliphatic rings. The molecule has 134 valence electrons. The zero-order valence-corrected chi connectivity index (χ0v) is 16.9. The number of hydrogen-bond acceptors (Lipinski definition) is 3. The van der Waals surface area contributed by atoms with Gasteiger partial charge < -0.3 is 9.47 Å². The van der Waals surface area contributed by atoms with Crippen molar-refractivity contribution in [2.45, 2.75) is 56.1 Å². The Hall–Kier alpha value is -1.29. The highest BCUT2D eigenvalue weighted by Crippen LogP contribution is 2.51. The van der Waals surface area contributed by atoms with Crippen molar-refractivity contribution >= 4 is 11.8 Å². The van der Waals surface area contributed by atoms with Gasteiger partial charge in [-0.25, -0.2) is 0 Å². The lowest BCUT2D eigenvalue weighted by molar-refractivity contribution is -0.217. The molecule has 0 amide bonds. The van der Waals surface area contributed by atoms with Crippen molar-refractivity contribution in [3.05, 3.63) is 59.2 Å². The normalized spacial score (nSPS) is 19.6. The summed E-state index contributed by atoms with van der Waals surface area (Å²) in [6.45, 7) is 11.6. The number of fused-ring (bicyclic) bond motifs is 2. The van der Waals surface area contributed by atoms with E-state index >= 15 is 0 Å². The molecule has 2 nitrogen and oxygen atoms in total. The van der Waals surface area contributed by atoms with Gasteiger partial charge in [0.2, 0.25) is 5.79 Å². The van der Waals surface area contributed by atoms with Crippen molar-refractivity contribution in [1.82, 2.24) is 0 Å². The van der Waals surface area contributed by atoms with Crippen LogP contribution in [0.4, 0.5) is 0 Å². The first kappa shape index (κ1) is 18.5. The van der Waals surface area contributed by atoms with Crippen molar-refractivity contribution < 1.29 is 9.47 Å². The molecule has 0 N–H and O–H groups in total.